The molecule has 2 aromatic carbocycles. The van der Waals surface area contributed by atoms with Gasteiger partial charge in [0.15, 0.2) is 0 Å². The van der Waals surface area contributed by atoms with Gasteiger partial charge in [0.05, 0.1) is 6.61 Å². The zero-order valence-electron chi connectivity index (χ0n) is 15.2. The first-order valence-corrected chi connectivity index (χ1v) is 8.87. The van der Waals surface area contributed by atoms with Crippen molar-refractivity contribution in [1.82, 2.24) is 4.90 Å². The number of fused-ring (bicyclic) bond motifs is 1. The van der Waals surface area contributed by atoms with Gasteiger partial charge in [0.1, 0.15) is 25.2 Å². The van der Waals surface area contributed by atoms with Gasteiger partial charge in [0, 0.05) is 11.0 Å². The first-order valence-electron chi connectivity index (χ1n) is 8.87. The normalized spacial score (nSPS) is 17.9. The van der Waals surface area contributed by atoms with E-state index >= 15 is 0 Å². The predicted octanol–water partition coefficient (Wildman–Crippen LogP) is 3.66. The summed E-state index contributed by atoms with van der Waals surface area (Å²) in [6.07, 6.45) is 2.22. The molecule has 0 amide bonds. The molecule has 3 nitrogen and oxygen atoms in total. The minimum Gasteiger partial charge on any atom is -0.392 e. The third kappa shape index (κ3) is 3.18. The molecule has 0 aromatic heterocycles. The lowest BCUT2D eigenvalue weighted by Crippen LogP contribution is -2.45. The van der Waals surface area contributed by atoms with Crippen LogP contribution in [0.2, 0.25) is 0 Å². The highest BCUT2D eigenvalue weighted by atomic mass is 16.3. The molecule has 0 bridgehead atoms. The van der Waals surface area contributed by atoms with Crippen LogP contribution in [0.4, 0.5) is 0 Å². The molecule has 128 valence electrons. The maximum Gasteiger partial charge on any atom is 0.235 e. The molecule has 1 heterocycles. The Morgan fingerprint density at radius 3 is 2.54 bits per heavy atom. The van der Waals surface area contributed by atoms with Gasteiger partial charge in [-0.05, 0) is 17.7 Å². The van der Waals surface area contributed by atoms with Crippen molar-refractivity contribution < 1.29 is 9.68 Å². The van der Waals surface area contributed by atoms with E-state index in [0.717, 1.165) is 13.1 Å². The van der Waals surface area contributed by atoms with Gasteiger partial charge >= 0.3 is 0 Å². The van der Waals surface area contributed by atoms with Crippen LogP contribution in [0.25, 0.3) is 10.8 Å². The summed E-state index contributed by atoms with van der Waals surface area (Å²) in [5.74, 6) is 0. The summed E-state index contributed by atoms with van der Waals surface area (Å²) in [6, 6.07) is 15.6. The van der Waals surface area contributed by atoms with Crippen LogP contribution in [-0.4, -0.2) is 46.7 Å². The molecule has 0 unspecified atom stereocenters. The monoisotopic (exact) mass is 325 g/mol. The van der Waals surface area contributed by atoms with E-state index in [-0.39, 0.29) is 18.1 Å². The number of hydrogen-bond acceptors (Lipinski definition) is 2. The van der Waals surface area contributed by atoms with Gasteiger partial charge in [-0.1, -0.05) is 63.2 Å². The summed E-state index contributed by atoms with van der Waals surface area (Å²) in [4.78, 5) is 2.31. The Morgan fingerprint density at radius 1 is 1.12 bits per heavy atom. The standard InChI is InChI=1S/C21H29N2O/c1-16(18-11-7-9-17-8-5-6-10-19(17)18)22-12-13-23(15-22)20(14-24)21(2,3)4/h5-11,15-16,20,24H,12-14H2,1-4H3/q+1/t16-,20+/m0/s1. The molecule has 3 heteroatoms. The van der Waals surface area contributed by atoms with Crippen LogP contribution >= 0.6 is 0 Å². The van der Waals surface area contributed by atoms with Gasteiger partial charge in [-0.3, -0.25) is 9.48 Å². The van der Waals surface area contributed by atoms with Crippen molar-refractivity contribution in [2.45, 2.75) is 39.8 Å². The van der Waals surface area contributed by atoms with Crippen LogP contribution in [0.15, 0.2) is 42.5 Å². The number of benzene rings is 2. The fourth-order valence-electron chi connectivity index (χ4n) is 3.74. The Morgan fingerprint density at radius 2 is 1.83 bits per heavy atom. The summed E-state index contributed by atoms with van der Waals surface area (Å²) in [7, 11) is 0. The van der Waals surface area contributed by atoms with Crippen molar-refractivity contribution in [2.24, 2.45) is 5.41 Å². The van der Waals surface area contributed by atoms with E-state index in [1.54, 1.807) is 0 Å². The van der Waals surface area contributed by atoms with E-state index in [2.05, 4.69) is 86.0 Å². The summed E-state index contributed by atoms with van der Waals surface area (Å²) >= 11 is 0. The van der Waals surface area contributed by atoms with E-state index in [1.165, 1.54) is 16.3 Å². The van der Waals surface area contributed by atoms with Gasteiger partial charge in [-0.15, -0.1) is 0 Å². The lowest BCUT2D eigenvalue weighted by atomic mass is 9.86. The average molecular weight is 325 g/mol. The Hall–Kier alpha value is -1.87. The molecule has 1 aliphatic heterocycles. The smallest absolute Gasteiger partial charge is 0.235 e. The lowest BCUT2D eigenvalue weighted by Gasteiger charge is -2.30. The van der Waals surface area contributed by atoms with Crippen LogP contribution < -0.4 is 0 Å². The summed E-state index contributed by atoms with van der Waals surface area (Å²) in [6.45, 7) is 11.0. The van der Waals surface area contributed by atoms with Gasteiger partial charge in [0.2, 0.25) is 6.34 Å². The second kappa shape index (κ2) is 6.56. The number of aliphatic hydroxyl groups excluding tert-OH is 1. The third-order valence-corrected chi connectivity index (χ3v) is 5.26. The molecule has 0 saturated heterocycles. The van der Waals surface area contributed by atoms with Crippen LogP contribution in [0, 0.1) is 5.41 Å². The number of aliphatic hydroxyl groups is 1. The van der Waals surface area contributed by atoms with Crippen molar-refractivity contribution in [3.8, 4) is 0 Å². The van der Waals surface area contributed by atoms with Crippen LogP contribution in [0.1, 0.15) is 39.3 Å². The Balaban J connectivity index is 1.90. The van der Waals surface area contributed by atoms with Gasteiger partial charge in [-0.2, -0.15) is 0 Å². The zero-order valence-corrected chi connectivity index (χ0v) is 15.2. The van der Waals surface area contributed by atoms with Crippen molar-refractivity contribution in [3.05, 3.63) is 48.0 Å². The van der Waals surface area contributed by atoms with Crippen molar-refractivity contribution in [3.63, 3.8) is 0 Å². The minimum absolute atomic E-state index is 0.0595. The molecule has 0 radical (unpaired) electrons. The molecule has 0 fully saturated rings. The zero-order chi connectivity index (χ0) is 17.3. The Kier molecular flexibility index (Phi) is 4.64. The molecule has 1 aliphatic rings. The molecule has 2 atom stereocenters. The first-order chi connectivity index (χ1) is 11.4. The molecule has 24 heavy (non-hydrogen) atoms. The number of nitrogens with zero attached hydrogens (tertiary/aromatic N) is 2. The van der Waals surface area contributed by atoms with Crippen LogP contribution in [0.3, 0.4) is 0 Å². The van der Waals surface area contributed by atoms with Crippen molar-refractivity contribution in [2.75, 3.05) is 19.7 Å². The third-order valence-electron chi connectivity index (χ3n) is 5.26. The Bertz CT molecular complexity index is 740. The Labute approximate surface area is 145 Å². The van der Waals surface area contributed by atoms with Crippen LogP contribution in [-0.2, 0) is 0 Å². The van der Waals surface area contributed by atoms with E-state index in [4.69, 9.17) is 0 Å². The molecular weight excluding hydrogens is 296 g/mol. The van der Waals surface area contributed by atoms with E-state index in [0.29, 0.717) is 6.04 Å². The highest BCUT2D eigenvalue weighted by Crippen LogP contribution is 2.29. The summed E-state index contributed by atoms with van der Waals surface area (Å²) in [5, 5.41) is 12.4. The van der Waals surface area contributed by atoms with Crippen molar-refractivity contribution in [1.29, 1.82) is 0 Å². The topological polar surface area (TPSA) is 26.5 Å². The average Bonchev–Trinajstić information content (AvgIpc) is 3.02. The maximum absolute atomic E-state index is 9.83. The largest absolute Gasteiger partial charge is 0.392 e. The molecule has 1 N–H and O–H groups in total. The second-order valence-electron chi connectivity index (χ2n) is 7.90. The van der Waals surface area contributed by atoms with Crippen LogP contribution in [0.5, 0.6) is 0 Å². The molecule has 3 rings (SSSR count). The molecule has 2 aromatic rings. The van der Waals surface area contributed by atoms with E-state index in [1.807, 2.05) is 0 Å². The highest BCUT2D eigenvalue weighted by molar-refractivity contribution is 5.85. The number of rotatable bonds is 4. The van der Waals surface area contributed by atoms with E-state index in [9.17, 15) is 5.11 Å². The quantitative estimate of drug-likeness (QED) is 0.868. The predicted molar refractivity (Wildman–Crippen MR) is 101 cm³/mol. The van der Waals surface area contributed by atoms with Gasteiger partial charge < -0.3 is 5.11 Å². The SMILES string of the molecule is C[C@@H](c1cccc2ccccc12)[N+]1=CN([C@H](CO)C(C)(C)C)CC1. The summed E-state index contributed by atoms with van der Waals surface area (Å²) < 4.78 is 2.40. The second-order valence-corrected chi connectivity index (χ2v) is 7.90. The molecule has 0 saturated carbocycles. The van der Waals surface area contributed by atoms with E-state index < -0.39 is 0 Å². The van der Waals surface area contributed by atoms with Gasteiger partial charge in [-0.25, -0.2) is 0 Å². The first kappa shape index (κ1) is 17.0. The molecular formula is C21H29N2O+. The fourth-order valence-corrected chi connectivity index (χ4v) is 3.74. The van der Waals surface area contributed by atoms with Crippen molar-refractivity contribution >= 4 is 17.1 Å². The van der Waals surface area contributed by atoms with Gasteiger partial charge in [0.25, 0.3) is 0 Å². The maximum atomic E-state index is 9.83. The highest BCUT2D eigenvalue weighted by Gasteiger charge is 2.37. The lowest BCUT2D eigenvalue weighted by molar-refractivity contribution is -0.555. The summed E-state index contributed by atoms with van der Waals surface area (Å²) in [5.41, 5.74) is 1.42. The minimum atomic E-state index is 0.0595. The number of hydrogen-bond donors (Lipinski definition) is 1. The molecule has 0 spiro atoms. The fraction of sp³-hybridized carbons (Fsp3) is 0.476. The molecule has 0 aliphatic carbocycles.